The molecule has 3 aliphatic carbocycles. The number of ether oxygens (including phenoxy) is 2. The second-order valence-electron chi connectivity index (χ2n) is 11.1. The van der Waals surface area contributed by atoms with Crippen molar-refractivity contribution in [2.75, 3.05) is 14.2 Å². The smallest absolute Gasteiger partial charge is 0.119 e. The maximum Gasteiger partial charge on any atom is 0.119 e. The molecule has 7 unspecified atom stereocenters. The van der Waals surface area contributed by atoms with E-state index in [0.29, 0.717) is 10.8 Å². The summed E-state index contributed by atoms with van der Waals surface area (Å²) in [6, 6.07) is 14.3. The Kier molecular flexibility index (Phi) is 6.86. The van der Waals surface area contributed by atoms with E-state index in [0.717, 1.165) is 53.2 Å². The van der Waals surface area contributed by atoms with E-state index in [-0.39, 0.29) is 0 Å². The molecule has 0 saturated heterocycles. The summed E-state index contributed by atoms with van der Waals surface area (Å²) in [4.78, 5) is 4.76. The average molecular weight is 462 g/mol. The number of benzene rings is 2. The van der Waals surface area contributed by atoms with E-state index in [1.807, 2.05) is 36.5 Å². The molecule has 7 atom stereocenters. The van der Waals surface area contributed by atoms with Gasteiger partial charge < -0.3 is 9.47 Å². The number of methoxy groups -OCH3 is 2. The first kappa shape index (κ1) is 24.8. The minimum Gasteiger partial charge on any atom is -0.497 e. The maximum atomic E-state index is 5.60. The molecule has 0 N–H and O–H groups in total. The van der Waals surface area contributed by atoms with Crippen molar-refractivity contribution in [1.82, 2.24) is 0 Å². The Morgan fingerprint density at radius 3 is 2.18 bits per heavy atom. The first-order valence-corrected chi connectivity index (χ1v) is 13.1. The largest absolute Gasteiger partial charge is 0.497 e. The number of hydrogen-bond donors (Lipinski definition) is 0. The number of nitrogens with zero attached hydrogens (tertiary/aromatic N) is 1. The third kappa shape index (κ3) is 3.67. The van der Waals surface area contributed by atoms with Crippen molar-refractivity contribution in [3.05, 3.63) is 53.6 Å². The molecule has 3 saturated carbocycles. The Bertz CT molecular complexity index is 1020. The van der Waals surface area contributed by atoms with Gasteiger partial charge in [0.05, 0.1) is 19.9 Å². The third-order valence-electron chi connectivity index (χ3n) is 10.6. The SMILES string of the molecule is CCC1C2(C)C(C)C(C)C(C)C1(CCc1cc(OC)ccc1C=Nc1ccc(OC)cc1)C2C. The summed E-state index contributed by atoms with van der Waals surface area (Å²) in [6.07, 6.45) is 5.58. The van der Waals surface area contributed by atoms with Crippen LogP contribution >= 0.6 is 0 Å². The van der Waals surface area contributed by atoms with E-state index in [4.69, 9.17) is 14.5 Å². The van der Waals surface area contributed by atoms with Crippen LogP contribution in [-0.2, 0) is 6.42 Å². The monoisotopic (exact) mass is 461 g/mol. The lowest BCUT2D eigenvalue weighted by Crippen LogP contribution is -2.73. The molecule has 0 spiro atoms. The second kappa shape index (κ2) is 9.40. The first-order chi connectivity index (χ1) is 16.2. The van der Waals surface area contributed by atoms with Crippen molar-refractivity contribution in [1.29, 1.82) is 0 Å². The molecular weight excluding hydrogens is 418 g/mol. The summed E-state index contributed by atoms with van der Waals surface area (Å²) >= 11 is 0. The summed E-state index contributed by atoms with van der Waals surface area (Å²) < 4.78 is 10.9. The lowest BCUT2D eigenvalue weighted by Gasteiger charge is -2.78. The van der Waals surface area contributed by atoms with Gasteiger partial charge in [-0.25, -0.2) is 0 Å². The predicted octanol–water partition coefficient (Wildman–Crippen LogP) is 7.98. The van der Waals surface area contributed by atoms with Gasteiger partial charge in [0.15, 0.2) is 0 Å². The lowest BCUT2D eigenvalue weighted by molar-refractivity contribution is -0.301. The van der Waals surface area contributed by atoms with Gasteiger partial charge in [-0.1, -0.05) is 48.0 Å². The molecule has 184 valence electrons. The van der Waals surface area contributed by atoms with Crippen molar-refractivity contribution >= 4 is 11.9 Å². The minimum atomic E-state index is 0.420. The highest BCUT2D eigenvalue weighted by Crippen LogP contribution is 2.78. The van der Waals surface area contributed by atoms with Crippen LogP contribution in [0, 0.1) is 40.4 Å². The van der Waals surface area contributed by atoms with Crippen molar-refractivity contribution in [3.8, 4) is 11.5 Å². The van der Waals surface area contributed by atoms with Gasteiger partial charge >= 0.3 is 0 Å². The van der Waals surface area contributed by atoms with E-state index in [1.165, 1.54) is 24.0 Å². The standard InChI is InChI=1S/C31H43NO2/c1-9-29-30(6)21(3)20(2)22(4)31(29,23(30)5)17-16-24-18-28(34-8)13-10-25(24)19-32-26-11-14-27(33-7)15-12-26/h10-15,18-23,29H,9,16-17H2,1-8H3. The van der Waals surface area contributed by atoms with Crippen LogP contribution in [0.25, 0.3) is 0 Å². The summed E-state index contributed by atoms with van der Waals surface area (Å²) in [5, 5.41) is 0. The van der Waals surface area contributed by atoms with Gasteiger partial charge in [-0.15, -0.1) is 0 Å². The topological polar surface area (TPSA) is 30.8 Å². The van der Waals surface area contributed by atoms with E-state index < -0.39 is 0 Å². The molecule has 2 aromatic rings. The quantitative estimate of drug-likeness (QED) is 0.373. The molecule has 0 radical (unpaired) electrons. The molecule has 3 fully saturated rings. The molecule has 2 bridgehead atoms. The molecule has 34 heavy (non-hydrogen) atoms. The predicted molar refractivity (Wildman–Crippen MR) is 143 cm³/mol. The lowest BCUT2D eigenvalue weighted by atomic mass is 9.27. The number of aliphatic imine (C=N–C) groups is 1. The minimum absolute atomic E-state index is 0.420. The number of rotatable bonds is 8. The van der Waals surface area contributed by atoms with Crippen molar-refractivity contribution in [2.24, 2.45) is 45.4 Å². The van der Waals surface area contributed by atoms with Gasteiger partial charge in [0.1, 0.15) is 11.5 Å². The maximum absolute atomic E-state index is 5.60. The molecule has 2 aromatic carbocycles. The second-order valence-corrected chi connectivity index (χ2v) is 11.1. The fraction of sp³-hybridized carbons (Fsp3) is 0.581. The molecule has 3 nitrogen and oxygen atoms in total. The Morgan fingerprint density at radius 1 is 0.912 bits per heavy atom. The van der Waals surface area contributed by atoms with Crippen LogP contribution in [0.15, 0.2) is 47.5 Å². The molecule has 5 rings (SSSR count). The molecule has 3 aliphatic rings. The third-order valence-corrected chi connectivity index (χ3v) is 10.6. The van der Waals surface area contributed by atoms with Crippen LogP contribution in [0.5, 0.6) is 11.5 Å². The Hall–Kier alpha value is -2.29. The highest BCUT2D eigenvalue weighted by molar-refractivity contribution is 5.84. The van der Waals surface area contributed by atoms with Crippen molar-refractivity contribution in [2.45, 2.75) is 60.8 Å². The summed E-state index contributed by atoms with van der Waals surface area (Å²) in [7, 11) is 3.44. The highest BCUT2D eigenvalue weighted by Gasteiger charge is 2.72. The van der Waals surface area contributed by atoms with Crippen LogP contribution in [0.2, 0.25) is 0 Å². The number of fused-ring (bicyclic) bond motifs is 2. The fourth-order valence-electron chi connectivity index (χ4n) is 8.23. The molecule has 0 amide bonds. The van der Waals surface area contributed by atoms with Crippen LogP contribution in [0.3, 0.4) is 0 Å². The van der Waals surface area contributed by atoms with Gasteiger partial charge in [-0.05, 0) is 107 Å². The van der Waals surface area contributed by atoms with Crippen LogP contribution in [0.1, 0.15) is 65.5 Å². The molecular formula is C31H43NO2. The Morgan fingerprint density at radius 2 is 1.56 bits per heavy atom. The Balaban J connectivity index is 1.61. The zero-order valence-electron chi connectivity index (χ0n) is 22.4. The molecule has 0 aliphatic heterocycles. The van der Waals surface area contributed by atoms with Crippen LogP contribution in [0.4, 0.5) is 5.69 Å². The summed E-state index contributed by atoms with van der Waals surface area (Å²) in [5.74, 6) is 5.63. The van der Waals surface area contributed by atoms with Crippen molar-refractivity contribution in [3.63, 3.8) is 0 Å². The summed E-state index contributed by atoms with van der Waals surface area (Å²) in [6.45, 7) is 15.1. The molecule has 0 heterocycles. The van der Waals surface area contributed by atoms with E-state index >= 15 is 0 Å². The van der Waals surface area contributed by atoms with Gasteiger partial charge in [0.2, 0.25) is 0 Å². The van der Waals surface area contributed by atoms with E-state index in [9.17, 15) is 0 Å². The van der Waals surface area contributed by atoms with Gasteiger partial charge in [0.25, 0.3) is 0 Å². The van der Waals surface area contributed by atoms with Gasteiger partial charge in [-0.3, -0.25) is 4.99 Å². The average Bonchev–Trinajstić information content (AvgIpc) is 2.87. The van der Waals surface area contributed by atoms with Crippen LogP contribution in [-0.4, -0.2) is 20.4 Å². The zero-order valence-corrected chi connectivity index (χ0v) is 22.4. The zero-order chi connectivity index (χ0) is 24.7. The van der Waals surface area contributed by atoms with Gasteiger partial charge in [0, 0.05) is 6.21 Å². The van der Waals surface area contributed by atoms with E-state index in [2.05, 4.69) is 53.7 Å². The summed E-state index contributed by atoms with van der Waals surface area (Å²) in [5.41, 5.74) is 4.33. The van der Waals surface area contributed by atoms with E-state index in [1.54, 1.807) is 14.2 Å². The van der Waals surface area contributed by atoms with Crippen molar-refractivity contribution < 1.29 is 9.47 Å². The first-order valence-electron chi connectivity index (χ1n) is 13.1. The number of hydrogen-bond acceptors (Lipinski definition) is 3. The Labute approximate surface area is 207 Å². The molecule has 3 heteroatoms. The van der Waals surface area contributed by atoms with Gasteiger partial charge in [-0.2, -0.15) is 0 Å². The fourth-order valence-corrected chi connectivity index (χ4v) is 8.23. The normalized spacial score (nSPS) is 34.6. The molecule has 0 aromatic heterocycles. The highest BCUT2D eigenvalue weighted by atomic mass is 16.5. The number of aryl methyl sites for hydroxylation is 1. The van der Waals surface area contributed by atoms with Crippen LogP contribution < -0.4 is 9.47 Å².